The Bertz CT molecular complexity index is 822. The molecule has 1 aromatic heterocycles. The van der Waals surface area contributed by atoms with Crippen molar-refractivity contribution >= 4 is 17.0 Å². The summed E-state index contributed by atoms with van der Waals surface area (Å²) in [4.78, 5) is 16.9. The van der Waals surface area contributed by atoms with Crippen molar-refractivity contribution in [2.24, 2.45) is 0 Å². The normalized spacial score (nSPS) is 12.5. The second kappa shape index (κ2) is 6.24. The topological polar surface area (TPSA) is 55.1 Å². The summed E-state index contributed by atoms with van der Waals surface area (Å²) in [6.07, 6.45) is 0. The molecule has 3 aromatic rings. The molecular formula is C19H20N2O2. The van der Waals surface area contributed by atoms with Crippen molar-refractivity contribution in [2.75, 3.05) is 0 Å². The fourth-order valence-electron chi connectivity index (χ4n) is 2.44. The van der Waals surface area contributed by atoms with E-state index < -0.39 is 0 Å². The molecule has 0 spiro atoms. The summed E-state index contributed by atoms with van der Waals surface area (Å²) < 4.78 is 5.72. The molecule has 0 bridgehead atoms. The third-order valence-electron chi connectivity index (χ3n) is 3.81. The van der Waals surface area contributed by atoms with Crippen LogP contribution in [0.3, 0.4) is 0 Å². The minimum atomic E-state index is -0.120. The number of carbonyl (C=O) groups is 1. The van der Waals surface area contributed by atoms with Gasteiger partial charge in [-0.1, -0.05) is 44.2 Å². The van der Waals surface area contributed by atoms with Crippen molar-refractivity contribution in [3.05, 3.63) is 65.5 Å². The molecule has 0 fully saturated rings. The Morgan fingerprint density at radius 3 is 2.52 bits per heavy atom. The van der Waals surface area contributed by atoms with Crippen LogP contribution in [0.4, 0.5) is 0 Å². The molecule has 0 aliphatic carbocycles. The van der Waals surface area contributed by atoms with Crippen LogP contribution in [0.2, 0.25) is 0 Å². The van der Waals surface area contributed by atoms with Gasteiger partial charge in [-0.3, -0.25) is 4.79 Å². The molecule has 3 rings (SSSR count). The van der Waals surface area contributed by atoms with Gasteiger partial charge >= 0.3 is 0 Å². The van der Waals surface area contributed by atoms with Crippen LogP contribution < -0.4 is 5.32 Å². The Morgan fingerprint density at radius 2 is 1.83 bits per heavy atom. The maximum absolute atomic E-state index is 12.4. The first-order valence-electron chi connectivity index (χ1n) is 7.81. The molecular weight excluding hydrogens is 288 g/mol. The van der Waals surface area contributed by atoms with Gasteiger partial charge in [-0.2, -0.15) is 0 Å². The summed E-state index contributed by atoms with van der Waals surface area (Å²) in [6.45, 7) is 6.02. The first-order chi connectivity index (χ1) is 11.0. The number of aromatic nitrogens is 1. The highest BCUT2D eigenvalue weighted by Crippen LogP contribution is 2.22. The minimum Gasteiger partial charge on any atom is -0.440 e. The molecule has 0 unspecified atom stereocenters. The smallest absolute Gasteiger partial charge is 0.251 e. The summed E-state index contributed by atoms with van der Waals surface area (Å²) in [6, 6.07) is 15.2. The Kier molecular flexibility index (Phi) is 4.15. The lowest BCUT2D eigenvalue weighted by molar-refractivity contribution is 0.0940. The van der Waals surface area contributed by atoms with Gasteiger partial charge in [-0.15, -0.1) is 0 Å². The lowest BCUT2D eigenvalue weighted by atomic mass is 10.1. The summed E-state index contributed by atoms with van der Waals surface area (Å²) in [5, 5.41) is 3.01. The number of hydrogen-bond donors (Lipinski definition) is 1. The average molecular weight is 308 g/mol. The van der Waals surface area contributed by atoms with Gasteiger partial charge in [0.1, 0.15) is 5.52 Å². The number of carbonyl (C=O) groups excluding carboxylic acids is 1. The molecule has 0 saturated heterocycles. The van der Waals surface area contributed by atoms with Crippen LogP contribution in [-0.2, 0) is 0 Å². The van der Waals surface area contributed by atoms with E-state index in [-0.39, 0.29) is 17.9 Å². The Labute approximate surface area is 135 Å². The van der Waals surface area contributed by atoms with Crippen molar-refractivity contribution in [1.29, 1.82) is 0 Å². The van der Waals surface area contributed by atoms with Crippen LogP contribution in [-0.4, -0.2) is 10.9 Å². The summed E-state index contributed by atoms with van der Waals surface area (Å²) >= 11 is 0. The predicted octanol–water partition coefficient (Wildman–Crippen LogP) is 4.44. The van der Waals surface area contributed by atoms with Gasteiger partial charge in [0, 0.05) is 11.5 Å². The Hall–Kier alpha value is -2.62. The fraction of sp³-hybridized carbons (Fsp3) is 0.263. The molecule has 0 radical (unpaired) electrons. The minimum absolute atomic E-state index is 0.0552. The summed E-state index contributed by atoms with van der Waals surface area (Å²) in [5.74, 6) is 0.791. The SMILES string of the molecule is CC(C)c1nc2ccc(C(=O)N[C@H](C)c3ccccc3)cc2o1. The molecule has 0 saturated carbocycles. The molecule has 0 aliphatic rings. The van der Waals surface area contributed by atoms with E-state index in [9.17, 15) is 4.79 Å². The van der Waals surface area contributed by atoms with E-state index in [1.54, 1.807) is 12.1 Å². The second-order valence-corrected chi connectivity index (χ2v) is 6.00. The molecule has 4 nitrogen and oxygen atoms in total. The van der Waals surface area contributed by atoms with E-state index in [4.69, 9.17) is 4.42 Å². The van der Waals surface area contributed by atoms with Crippen LogP contribution in [0.15, 0.2) is 52.9 Å². The van der Waals surface area contributed by atoms with Crippen molar-refractivity contribution in [1.82, 2.24) is 10.3 Å². The molecule has 23 heavy (non-hydrogen) atoms. The third-order valence-corrected chi connectivity index (χ3v) is 3.81. The Balaban J connectivity index is 1.80. The zero-order valence-electron chi connectivity index (χ0n) is 13.5. The standard InChI is InChI=1S/C19H20N2O2/c1-12(2)19-21-16-10-9-15(11-17(16)23-19)18(22)20-13(3)14-7-5-4-6-8-14/h4-13H,1-3H3,(H,20,22)/t13-/m1/s1. The van der Waals surface area contributed by atoms with Gasteiger partial charge in [-0.25, -0.2) is 4.98 Å². The van der Waals surface area contributed by atoms with Crippen LogP contribution >= 0.6 is 0 Å². The zero-order valence-corrected chi connectivity index (χ0v) is 13.5. The second-order valence-electron chi connectivity index (χ2n) is 6.00. The molecule has 1 amide bonds. The number of rotatable bonds is 4. The number of nitrogens with zero attached hydrogens (tertiary/aromatic N) is 1. The molecule has 1 atom stereocenters. The highest BCUT2D eigenvalue weighted by Gasteiger charge is 2.14. The lowest BCUT2D eigenvalue weighted by Gasteiger charge is -2.14. The number of fused-ring (bicyclic) bond motifs is 1. The first kappa shape index (κ1) is 15.3. The predicted molar refractivity (Wildman–Crippen MR) is 90.4 cm³/mol. The molecule has 1 N–H and O–H groups in total. The number of hydrogen-bond acceptors (Lipinski definition) is 3. The highest BCUT2D eigenvalue weighted by molar-refractivity contribution is 5.97. The maximum atomic E-state index is 12.4. The molecule has 4 heteroatoms. The molecule has 1 heterocycles. The van der Waals surface area contributed by atoms with Gasteiger partial charge in [0.05, 0.1) is 6.04 Å². The first-order valence-corrected chi connectivity index (χ1v) is 7.81. The number of nitrogens with one attached hydrogen (secondary N) is 1. The van der Waals surface area contributed by atoms with Crippen LogP contribution in [0, 0.1) is 0 Å². The van der Waals surface area contributed by atoms with Gasteiger partial charge in [-0.05, 0) is 30.7 Å². The van der Waals surface area contributed by atoms with Crippen LogP contribution in [0.1, 0.15) is 54.5 Å². The lowest BCUT2D eigenvalue weighted by Crippen LogP contribution is -2.26. The molecule has 2 aromatic carbocycles. The van der Waals surface area contributed by atoms with Crippen molar-refractivity contribution in [3.63, 3.8) is 0 Å². The zero-order chi connectivity index (χ0) is 16.4. The van der Waals surface area contributed by atoms with E-state index in [1.165, 1.54) is 0 Å². The number of amides is 1. The van der Waals surface area contributed by atoms with Crippen LogP contribution in [0.25, 0.3) is 11.1 Å². The average Bonchev–Trinajstić information content (AvgIpc) is 2.99. The van der Waals surface area contributed by atoms with E-state index in [0.29, 0.717) is 17.0 Å². The summed E-state index contributed by atoms with van der Waals surface area (Å²) in [7, 11) is 0. The van der Waals surface area contributed by atoms with Crippen molar-refractivity contribution < 1.29 is 9.21 Å². The van der Waals surface area contributed by atoms with Crippen molar-refractivity contribution in [2.45, 2.75) is 32.7 Å². The highest BCUT2D eigenvalue weighted by atomic mass is 16.3. The third kappa shape index (κ3) is 3.26. The van der Waals surface area contributed by atoms with Crippen LogP contribution in [0.5, 0.6) is 0 Å². The monoisotopic (exact) mass is 308 g/mol. The molecule has 0 aliphatic heterocycles. The van der Waals surface area contributed by atoms with E-state index in [1.807, 2.05) is 57.2 Å². The van der Waals surface area contributed by atoms with Crippen molar-refractivity contribution in [3.8, 4) is 0 Å². The fourth-order valence-corrected chi connectivity index (χ4v) is 2.44. The van der Waals surface area contributed by atoms with E-state index in [0.717, 1.165) is 11.1 Å². The molecule has 118 valence electrons. The Morgan fingerprint density at radius 1 is 1.09 bits per heavy atom. The van der Waals surface area contributed by atoms with E-state index in [2.05, 4.69) is 10.3 Å². The summed E-state index contributed by atoms with van der Waals surface area (Å²) in [5.41, 5.74) is 3.07. The van der Waals surface area contributed by atoms with Gasteiger partial charge in [0.15, 0.2) is 11.5 Å². The van der Waals surface area contributed by atoms with Gasteiger partial charge < -0.3 is 9.73 Å². The maximum Gasteiger partial charge on any atom is 0.251 e. The largest absolute Gasteiger partial charge is 0.440 e. The quantitative estimate of drug-likeness (QED) is 0.775. The van der Waals surface area contributed by atoms with Gasteiger partial charge in [0.25, 0.3) is 5.91 Å². The number of oxazole rings is 1. The number of benzene rings is 2. The van der Waals surface area contributed by atoms with E-state index >= 15 is 0 Å². The van der Waals surface area contributed by atoms with Gasteiger partial charge in [0.2, 0.25) is 0 Å².